The molecule has 3 rings (SSSR count). The van der Waals surface area contributed by atoms with Crippen molar-refractivity contribution in [1.82, 2.24) is 0 Å². The Labute approximate surface area is 190 Å². The molecule has 7 nitrogen and oxygen atoms in total. The Morgan fingerprint density at radius 3 is 2.38 bits per heavy atom. The van der Waals surface area contributed by atoms with E-state index in [0.717, 1.165) is 10.4 Å². The van der Waals surface area contributed by atoms with Gasteiger partial charge >= 0.3 is 0 Å². The van der Waals surface area contributed by atoms with Crippen molar-refractivity contribution in [2.75, 3.05) is 30.4 Å². The van der Waals surface area contributed by atoms with Crippen molar-refractivity contribution in [3.05, 3.63) is 77.6 Å². The number of ether oxygens (including phenoxy) is 2. The minimum absolute atomic E-state index is 0.0116. The lowest BCUT2D eigenvalue weighted by Crippen LogP contribution is -2.38. The largest absolute Gasteiger partial charge is 0.497 e. The third-order valence-corrected chi connectivity index (χ3v) is 6.54. The Kier molecular flexibility index (Phi) is 7.22. The zero-order valence-corrected chi connectivity index (χ0v) is 18.8. The molecule has 1 N–H and O–H groups in total. The van der Waals surface area contributed by atoms with Gasteiger partial charge in [-0.15, -0.1) is 0 Å². The highest BCUT2D eigenvalue weighted by Crippen LogP contribution is 2.35. The molecular formula is C22H20ClFN2O5S. The summed E-state index contributed by atoms with van der Waals surface area (Å²) in [6.07, 6.45) is 0. The average molecular weight is 479 g/mol. The van der Waals surface area contributed by atoms with Gasteiger partial charge in [-0.05, 0) is 42.5 Å². The van der Waals surface area contributed by atoms with E-state index >= 15 is 0 Å². The first kappa shape index (κ1) is 23.4. The van der Waals surface area contributed by atoms with Gasteiger partial charge in [0, 0.05) is 11.8 Å². The highest BCUT2D eigenvalue weighted by Gasteiger charge is 2.30. The number of benzene rings is 3. The number of anilines is 2. The lowest BCUT2D eigenvalue weighted by molar-refractivity contribution is -0.114. The van der Waals surface area contributed by atoms with Gasteiger partial charge in [-0.25, -0.2) is 12.8 Å². The number of hydrogen-bond donors (Lipinski definition) is 1. The van der Waals surface area contributed by atoms with Crippen molar-refractivity contribution in [2.24, 2.45) is 0 Å². The van der Waals surface area contributed by atoms with Crippen molar-refractivity contribution >= 4 is 38.9 Å². The van der Waals surface area contributed by atoms with Crippen molar-refractivity contribution in [3.63, 3.8) is 0 Å². The summed E-state index contributed by atoms with van der Waals surface area (Å²) in [5.74, 6) is -0.709. The fraction of sp³-hybridized carbons (Fsp3) is 0.136. The molecule has 0 atom stereocenters. The smallest absolute Gasteiger partial charge is 0.264 e. The van der Waals surface area contributed by atoms with E-state index in [1.807, 2.05) is 0 Å². The molecule has 0 bridgehead atoms. The van der Waals surface area contributed by atoms with Crippen LogP contribution in [0.1, 0.15) is 0 Å². The molecule has 32 heavy (non-hydrogen) atoms. The summed E-state index contributed by atoms with van der Waals surface area (Å²) in [6.45, 7) is -0.588. The van der Waals surface area contributed by atoms with Crippen LogP contribution in [0.25, 0.3) is 0 Å². The predicted octanol–water partition coefficient (Wildman–Crippen LogP) is 4.33. The van der Waals surface area contributed by atoms with Crippen LogP contribution in [-0.4, -0.2) is 35.1 Å². The van der Waals surface area contributed by atoms with Gasteiger partial charge in [-0.1, -0.05) is 29.8 Å². The van der Waals surface area contributed by atoms with E-state index in [2.05, 4.69) is 5.32 Å². The van der Waals surface area contributed by atoms with Crippen LogP contribution in [0.5, 0.6) is 11.5 Å². The first-order valence-electron chi connectivity index (χ1n) is 9.31. The highest BCUT2D eigenvalue weighted by atomic mass is 35.5. The Morgan fingerprint density at radius 2 is 1.75 bits per heavy atom. The Balaban J connectivity index is 2.03. The van der Waals surface area contributed by atoms with E-state index in [4.69, 9.17) is 21.1 Å². The molecule has 0 saturated heterocycles. The summed E-state index contributed by atoms with van der Waals surface area (Å²) in [5.41, 5.74) is 0.332. The number of rotatable bonds is 8. The summed E-state index contributed by atoms with van der Waals surface area (Å²) in [7, 11) is -1.34. The number of nitrogens with one attached hydrogen (secondary N) is 1. The molecular weight excluding hydrogens is 459 g/mol. The van der Waals surface area contributed by atoms with Crippen molar-refractivity contribution < 1.29 is 27.1 Å². The first-order chi connectivity index (χ1) is 15.3. The van der Waals surface area contributed by atoms with Crippen LogP contribution in [0.2, 0.25) is 5.02 Å². The van der Waals surface area contributed by atoms with Crippen LogP contribution in [0.3, 0.4) is 0 Å². The molecule has 10 heteroatoms. The molecule has 1 amide bonds. The molecule has 0 aliphatic heterocycles. The molecule has 0 aliphatic rings. The molecule has 0 radical (unpaired) electrons. The number of sulfonamides is 1. The molecule has 3 aromatic carbocycles. The molecule has 168 valence electrons. The first-order valence-corrected chi connectivity index (χ1v) is 11.1. The van der Waals surface area contributed by atoms with Crippen molar-refractivity contribution in [3.8, 4) is 11.5 Å². The lowest BCUT2D eigenvalue weighted by Gasteiger charge is -2.26. The molecule has 0 fully saturated rings. The van der Waals surface area contributed by atoms with E-state index in [9.17, 15) is 17.6 Å². The molecule has 0 heterocycles. The van der Waals surface area contributed by atoms with Gasteiger partial charge in [0.2, 0.25) is 5.91 Å². The van der Waals surface area contributed by atoms with Gasteiger partial charge in [0.05, 0.1) is 29.8 Å². The summed E-state index contributed by atoms with van der Waals surface area (Å²) >= 11 is 5.76. The number of carbonyl (C=O) groups excluding carboxylic acids is 1. The van der Waals surface area contributed by atoms with Gasteiger partial charge in [0.25, 0.3) is 10.0 Å². The summed E-state index contributed by atoms with van der Waals surface area (Å²) in [4.78, 5) is 12.8. The second-order valence-corrected chi connectivity index (χ2v) is 8.81. The predicted molar refractivity (Wildman–Crippen MR) is 121 cm³/mol. The number of halogens is 2. The molecule has 0 aromatic heterocycles. The number of nitrogens with zero attached hydrogens (tertiary/aromatic N) is 1. The molecule has 0 aliphatic carbocycles. The Morgan fingerprint density at radius 1 is 1.03 bits per heavy atom. The van der Waals surface area contributed by atoms with Crippen molar-refractivity contribution in [1.29, 1.82) is 0 Å². The van der Waals surface area contributed by atoms with Crippen LogP contribution in [-0.2, 0) is 14.8 Å². The second-order valence-electron chi connectivity index (χ2n) is 6.54. The average Bonchev–Trinajstić information content (AvgIpc) is 2.80. The van der Waals surface area contributed by atoms with Gasteiger partial charge in [-0.3, -0.25) is 9.10 Å². The van der Waals surface area contributed by atoms with E-state index in [0.29, 0.717) is 5.75 Å². The Hall–Kier alpha value is -3.30. The van der Waals surface area contributed by atoms with Gasteiger partial charge in [-0.2, -0.15) is 0 Å². The lowest BCUT2D eigenvalue weighted by atomic mass is 10.2. The van der Waals surface area contributed by atoms with Crippen LogP contribution in [0, 0.1) is 5.82 Å². The van der Waals surface area contributed by atoms with Gasteiger partial charge in [0.1, 0.15) is 23.9 Å². The number of hydrogen-bond acceptors (Lipinski definition) is 5. The zero-order valence-electron chi connectivity index (χ0n) is 17.2. The minimum Gasteiger partial charge on any atom is -0.497 e. The van der Waals surface area contributed by atoms with Gasteiger partial charge in [0.15, 0.2) is 0 Å². The van der Waals surface area contributed by atoms with E-state index in [1.165, 1.54) is 44.6 Å². The molecule has 0 saturated carbocycles. The van der Waals surface area contributed by atoms with E-state index in [-0.39, 0.29) is 27.0 Å². The van der Waals surface area contributed by atoms with Crippen LogP contribution < -0.4 is 19.1 Å². The van der Waals surface area contributed by atoms with E-state index in [1.54, 1.807) is 30.3 Å². The normalized spacial score (nSPS) is 11.0. The maximum absolute atomic E-state index is 13.5. The summed E-state index contributed by atoms with van der Waals surface area (Å²) in [5, 5.41) is 2.36. The van der Waals surface area contributed by atoms with Crippen LogP contribution >= 0.6 is 11.6 Å². The summed E-state index contributed by atoms with van der Waals surface area (Å²) < 4.78 is 51.8. The molecule has 3 aromatic rings. The maximum atomic E-state index is 13.5. The second kappa shape index (κ2) is 9.88. The van der Waals surface area contributed by atoms with Gasteiger partial charge < -0.3 is 14.8 Å². The van der Waals surface area contributed by atoms with Crippen molar-refractivity contribution in [2.45, 2.75) is 4.90 Å². The molecule has 0 unspecified atom stereocenters. The van der Waals surface area contributed by atoms with Crippen LogP contribution in [0.4, 0.5) is 15.8 Å². The fourth-order valence-electron chi connectivity index (χ4n) is 2.92. The topological polar surface area (TPSA) is 84.9 Å². The summed E-state index contributed by atoms with van der Waals surface area (Å²) in [6, 6.07) is 15.9. The van der Waals surface area contributed by atoms with Crippen LogP contribution in [0.15, 0.2) is 71.6 Å². The zero-order chi connectivity index (χ0) is 23.3. The molecule has 0 spiro atoms. The SMILES string of the molecule is COc1ccc(OC)c(N(CC(=O)Nc2ccc(F)c(Cl)c2)S(=O)(=O)c2ccccc2)c1. The third kappa shape index (κ3) is 5.12. The minimum atomic E-state index is -4.16. The maximum Gasteiger partial charge on any atom is 0.264 e. The van der Waals surface area contributed by atoms with E-state index < -0.39 is 28.3 Å². The fourth-order valence-corrected chi connectivity index (χ4v) is 4.54. The monoisotopic (exact) mass is 478 g/mol. The quantitative estimate of drug-likeness (QED) is 0.521. The number of amides is 1. The third-order valence-electron chi connectivity index (χ3n) is 4.48. The number of carbonyl (C=O) groups is 1. The standard InChI is InChI=1S/C22H20ClFN2O5S/c1-30-16-9-11-21(31-2)20(13-16)26(32(28,29)17-6-4-3-5-7-17)14-22(27)25-15-8-10-19(24)18(23)12-15/h3-13H,14H2,1-2H3,(H,25,27). The number of methoxy groups -OCH3 is 2. The highest BCUT2D eigenvalue weighted by molar-refractivity contribution is 7.92. The Bertz CT molecular complexity index is 1220.